The molecule has 3 aliphatic rings. The predicted octanol–water partition coefficient (Wildman–Crippen LogP) is 3.86. The van der Waals surface area contributed by atoms with Crippen molar-refractivity contribution in [3.63, 3.8) is 0 Å². The van der Waals surface area contributed by atoms with Crippen molar-refractivity contribution >= 4 is 11.6 Å². The molecule has 3 heteroatoms. The van der Waals surface area contributed by atoms with Gasteiger partial charge in [-0.1, -0.05) is 54.4 Å². The van der Waals surface area contributed by atoms with Gasteiger partial charge in [0.15, 0.2) is 0 Å². The summed E-state index contributed by atoms with van der Waals surface area (Å²) in [6.07, 6.45) is 3.59. The minimum absolute atomic E-state index is 0.277. The molecule has 0 spiro atoms. The summed E-state index contributed by atoms with van der Waals surface area (Å²) in [5, 5.41) is 0. The Morgan fingerprint density at radius 3 is 2.76 bits per heavy atom. The zero-order valence-corrected chi connectivity index (χ0v) is 14.7. The van der Waals surface area contributed by atoms with Crippen molar-refractivity contribution in [2.75, 3.05) is 11.4 Å². The highest BCUT2D eigenvalue weighted by Crippen LogP contribution is 2.50. The lowest BCUT2D eigenvalue weighted by Gasteiger charge is -2.49. The second-order valence-electron chi connectivity index (χ2n) is 7.79. The van der Waals surface area contributed by atoms with Gasteiger partial charge in [0, 0.05) is 18.2 Å². The third-order valence-electron chi connectivity index (χ3n) is 6.30. The van der Waals surface area contributed by atoms with E-state index in [1.165, 1.54) is 35.2 Å². The number of fused-ring (bicyclic) bond motifs is 3. The van der Waals surface area contributed by atoms with E-state index in [1.807, 2.05) is 6.07 Å². The van der Waals surface area contributed by atoms with Crippen LogP contribution in [0.2, 0.25) is 0 Å². The van der Waals surface area contributed by atoms with Crippen LogP contribution < -0.4 is 4.90 Å². The highest BCUT2D eigenvalue weighted by molar-refractivity contribution is 5.86. The molecule has 1 saturated heterocycles. The van der Waals surface area contributed by atoms with E-state index in [0.29, 0.717) is 24.5 Å². The van der Waals surface area contributed by atoms with Gasteiger partial charge >= 0.3 is 0 Å². The lowest BCUT2D eigenvalue weighted by Crippen LogP contribution is -2.62. The van der Waals surface area contributed by atoms with E-state index in [4.69, 9.17) is 0 Å². The Morgan fingerprint density at radius 2 is 1.92 bits per heavy atom. The van der Waals surface area contributed by atoms with Crippen molar-refractivity contribution in [3.05, 3.63) is 65.2 Å². The van der Waals surface area contributed by atoms with Gasteiger partial charge in [-0.25, -0.2) is 0 Å². The number of amides is 1. The summed E-state index contributed by atoms with van der Waals surface area (Å²) in [5.74, 6) is 0.860. The van der Waals surface area contributed by atoms with Crippen molar-refractivity contribution < 1.29 is 4.79 Å². The summed E-state index contributed by atoms with van der Waals surface area (Å²) in [4.78, 5) is 17.6. The van der Waals surface area contributed by atoms with Crippen molar-refractivity contribution in [3.8, 4) is 0 Å². The number of piperazine rings is 1. The topological polar surface area (TPSA) is 23.6 Å². The van der Waals surface area contributed by atoms with Gasteiger partial charge in [-0.3, -0.25) is 4.79 Å². The zero-order valence-electron chi connectivity index (χ0n) is 14.7. The van der Waals surface area contributed by atoms with Crippen LogP contribution in [0, 0.1) is 6.92 Å². The number of benzene rings is 2. The number of hydrogen-bond donors (Lipinski definition) is 0. The average molecular weight is 332 g/mol. The lowest BCUT2D eigenvalue weighted by molar-refractivity contribution is -0.136. The van der Waals surface area contributed by atoms with Gasteiger partial charge in [-0.05, 0) is 37.0 Å². The minimum Gasteiger partial charge on any atom is -0.356 e. The standard InChI is InChI=1S/C22H24N2O/c1-15-10-11-19-18(12-15)17-8-5-9-20-22(17)24(19)14-21(25)23(20)13-16-6-3-2-4-7-16/h2-4,6-7,10-12,17,20,22H,5,8-9,13-14H2,1H3/t17-,20+,22+/m0/s1. The Labute approximate surface area is 149 Å². The van der Waals surface area contributed by atoms with Crippen LogP contribution in [0.1, 0.15) is 41.9 Å². The van der Waals surface area contributed by atoms with E-state index in [2.05, 4.69) is 59.2 Å². The zero-order chi connectivity index (χ0) is 17.0. The van der Waals surface area contributed by atoms with E-state index in [9.17, 15) is 4.79 Å². The molecule has 2 fully saturated rings. The molecule has 5 rings (SSSR count). The fourth-order valence-electron chi connectivity index (χ4n) is 5.25. The van der Waals surface area contributed by atoms with Gasteiger partial charge in [0.25, 0.3) is 0 Å². The van der Waals surface area contributed by atoms with Gasteiger partial charge in [-0.2, -0.15) is 0 Å². The molecular formula is C22H24N2O. The fourth-order valence-corrected chi connectivity index (χ4v) is 5.25. The summed E-state index contributed by atoms with van der Waals surface area (Å²) >= 11 is 0. The molecule has 0 bridgehead atoms. The lowest BCUT2D eigenvalue weighted by atomic mass is 9.77. The first-order valence-electron chi connectivity index (χ1n) is 9.43. The average Bonchev–Trinajstić information content (AvgIpc) is 2.94. The maximum absolute atomic E-state index is 13.0. The Hall–Kier alpha value is -2.29. The van der Waals surface area contributed by atoms with E-state index in [-0.39, 0.29) is 5.91 Å². The van der Waals surface area contributed by atoms with Gasteiger partial charge < -0.3 is 9.80 Å². The van der Waals surface area contributed by atoms with Gasteiger partial charge in [-0.15, -0.1) is 0 Å². The van der Waals surface area contributed by atoms with Gasteiger partial charge in [0.05, 0.1) is 18.6 Å². The van der Waals surface area contributed by atoms with Gasteiger partial charge in [0.2, 0.25) is 5.91 Å². The summed E-state index contributed by atoms with van der Waals surface area (Å²) in [5.41, 5.74) is 5.34. The van der Waals surface area contributed by atoms with Crippen LogP contribution >= 0.6 is 0 Å². The van der Waals surface area contributed by atoms with Crippen LogP contribution in [-0.2, 0) is 11.3 Å². The molecule has 2 aromatic rings. The van der Waals surface area contributed by atoms with Crippen molar-refractivity contribution in [1.82, 2.24) is 4.90 Å². The normalized spacial score (nSPS) is 27.2. The first-order chi connectivity index (χ1) is 12.2. The van der Waals surface area contributed by atoms with Crippen LogP contribution in [0.15, 0.2) is 48.5 Å². The molecule has 2 aliphatic heterocycles. The largest absolute Gasteiger partial charge is 0.356 e. The molecule has 0 N–H and O–H groups in total. The third kappa shape index (κ3) is 2.29. The molecule has 2 aromatic carbocycles. The molecular weight excluding hydrogens is 308 g/mol. The number of rotatable bonds is 2. The van der Waals surface area contributed by atoms with E-state index in [0.717, 1.165) is 13.0 Å². The van der Waals surface area contributed by atoms with Crippen LogP contribution in [0.3, 0.4) is 0 Å². The Morgan fingerprint density at radius 1 is 1.08 bits per heavy atom. The highest BCUT2D eigenvalue weighted by Gasteiger charge is 2.51. The van der Waals surface area contributed by atoms with Gasteiger partial charge in [0.1, 0.15) is 0 Å². The number of anilines is 1. The van der Waals surface area contributed by atoms with E-state index in [1.54, 1.807) is 0 Å². The molecule has 1 saturated carbocycles. The smallest absolute Gasteiger partial charge is 0.242 e. The van der Waals surface area contributed by atoms with E-state index >= 15 is 0 Å². The van der Waals surface area contributed by atoms with Crippen molar-refractivity contribution in [2.45, 2.75) is 50.7 Å². The number of carbonyl (C=O) groups excluding carboxylic acids is 1. The van der Waals surface area contributed by atoms with Crippen LogP contribution in [-0.4, -0.2) is 29.4 Å². The summed E-state index contributed by atoms with van der Waals surface area (Å²) in [6, 6.07) is 18.0. The number of hydrogen-bond acceptors (Lipinski definition) is 2. The fraction of sp³-hybridized carbons (Fsp3) is 0.409. The quantitative estimate of drug-likeness (QED) is 0.834. The molecule has 3 nitrogen and oxygen atoms in total. The molecule has 0 unspecified atom stereocenters. The Kier molecular flexibility index (Phi) is 3.37. The maximum atomic E-state index is 13.0. The second kappa shape index (κ2) is 5.62. The van der Waals surface area contributed by atoms with Crippen molar-refractivity contribution in [2.24, 2.45) is 0 Å². The van der Waals surface area contributed by atoms with E-state index < -0.39 is 0 Å². The third-order valence-corrected chi connectivity index (χ3v) is 6.30. The number of aryl methyl sites for hydroxylation is 1. The summed E-state index contributed by atoms with van der Waals surface area (Å²) in [7, 11) is 0. The SMILES string of the molecule is Cc1ccc2c(c1)[C@@H]1CCC[C@@H]3[C@@H]1N2CC(=O)N3Cc1ccccc1. The molecule has 25 heavy (non-hydrogen) atoms. The second-order valence-corrected chi connectivity index (χ2v) is 7.79. The van der Waals surface area contributed by atoms with Crippen LogP contribution in [0.5, 0.6) is 0 Å². The molecule has 0 radical (unpaired) electrons. The predicted molar refractivity (Wildman–Crippen MR) is 99.7 cm³/mol. The maximum Gasteiger partial charge on any atom is 0.242 e. The molecule has 2 heterocycles. The first-order valence-corrected chi connectivity index (χ1v) is 9.43. The molecule has 3 atom stereocenters. The summed E-state index contributed by atoms with van der Waals surface area (Å²) < 4.78 is 0. The van der Waals surface area contributed by atoms with Crippen LogP contribution in [0.4, 0.5) is 5.69 Å². The van der Waals surface area contributed by atoms with Crippen LogP contribution in [0.25, 0.3) is 0 Å². The summed E-state index contributed by atoms with van der Waals surface area (Å²) in [6.45, 7) is 3.45. The monoisotopic (exact) mass is 332 g/mol. The molecule has 1 amide bonds. The molecule has 128 valence electrons. The highest BCUT2D eigenvalue weighted by atomic mass is 16.2. The molecule has 0 aromatic heterocycles. The first kappa shape index (κ1) is 15.0. The Balaban J connectivity index is 1.52. The Bertz CT molecular complexity index is 816. The van der Waals surface area contributed by atoms with Crippen molar-refractivity contribution in [1.29, 1.82) is 0 Å². The minimum atomic E-state index is 0.277. The number of carbonyl (C=O) groups is 1. The number of nitrogens with zero attached hydrogens (tertiary/aromatic N) is 2. The molecule has 1 aliphatic carbocycles.